The highest BCUT2D eigenvalue weighted by molar-refractivity contribution is 7.09. The summed E-state index contributed by atoms with van der Waals surface area (Å²) in [4.78, 5) is 5.34. The summed E-state index contributed by atoms with van der Waals surface area (Å²) in [6.07, 6.45) is 4.65. The van der Waals surface area contributed by atoms with Gasteiger partial charge in [-0.2, -0.15) is 0 Å². The molecule has 0 unspecified atom stereocenters. The molecule has 1 aromatic rings. The largest absolute Gasteiger partial charge is 0.309 e. The van der Waals surface area contributed by atoms with Crippen molar-refractivity contribution in [2.45, 2.75) is 25.4 Å². The van der Waals surface area contributed by atoms with Crippen LogP contribution in [-0.2, 0) is 6.54 Å². The summed E-state index contributed by atoms with van der Waals surface area (Å²) >= 11 is 1.72. The Bertz CT molecular complexity index is 196. The molecule has 0 spiro atoms. The predicted molar refractivity (Wildman–Crippen MR) is 49.2 cm³/mol. The molecule has 0 atom stereocenters. The lowest BCUT2D eigenvalue weighted by molar-refractivity contribution is 0.694. The molecule has 0 saturated heterocycles. The van der Waals surface area contributed by atoms with Crippen molar-refractivity contribution in [3.63, 3.8) is 0 Å². The van der Waals surface area contributed by atoms with E-state index in [1.54, 1.807) is 11.3 Å². The summed E-state index contributed by atoms with van der Waals surface area (Å²) in [5.41, 5.74) is 1.88. The lowest BCUT2D eigenvalue weighted by Gasteiger charge is -1.96. The van der Waals surface area contributed by atoms with Crippen molar-refractivity contribution in [3.05, 3.63) is 16.6 Å². The van der Waals surface area contributed by atoms with Crippen molar-refractivity contribution in [3.8, 4) is 0 Å². The second-order valence-electron chi connectivity index (χ2n) is 2.62. The second kappa shape index (κ2) is 4.04. The highest BCUT2D eigenvalue weighted by Crippen LogP contribution is 2.19. The summed E-state index contributed by atoms with van der Waals surface area (Å²) < 4.78 is 0. The molecule has 1 fully saturated rings. The van der Waals surface area contributed by atoms with Crippen LogP contribution < -0.4 is 5.32 Å². The van der Waals surface area contributed by atoms with Crippen LogP contribution in [0.4, 0.5) is 0 Å². The number of nitrogens with one attached hydrogen (secondary N) is 1. The van der Waals surface area contributed by atoms with E-state index in [4.69, 9.17) is 0 Å². The van der Waals surface area contributed by atoms with Gasteiger partial charge in [0, 0.05) is 23.7 Å². The van der Waals surface area contributed by atoms with E-state index in [2.05, 4.69) is 10.3 Å². The Labute approximate surface area is 76.4 Å². The number of nitrogens with zero attached hydrogens (tertiary/aromatic N) is 1. The van der Waals surface area contributed by atoms with E-state index >= 15 is 0 Å². The summed E-state index contributed by atoms with van der Waals surface area (Å²) in [5, 5.41) is 3.43. The molecule has 1 heterocycles. The highest BCUT2D eigenvalue weighted by Gasteiger charge is 2.19. The zero-order valence-electron chi connectivity index (χ0n) is 6.12. The van der Waals surface area contributed by atoms with Gasteiger partial charge < -0.3 is 5.32 Å². The number of rotatable bonds is 3. The predicted octanol–water partition coefficient (Wildman–Crippen LogP) is 1.82. The average Bonchev–Trinajstić information content (AvgIpc) is 2.63. The number of aromatic nitrogens is 1. The van der Waals surface area contributed by atoms with Crippen LogP contribution in [0.5, 0.6) is 0 Å². The van der Waals surface area contributed by atoms with Gasteiger partial charge in [-0.15, -0.1) is 23.7 Å². The van der Waals surface area contributed by atoms with Crippen molar-refractivity contribution < 1.29 is 0 Å². The van der Waals surface area contributed by atoms with Gasteiger partial charge in [0.25, 0.3) is 0 Å². The van der Waals surface area contributed by atoms with Crippen molar-refractivity contribution in [1.82, 2.24) is 10.3 Å². The molecule has 1 aliphatic carbocycles. The minimum Gasteiger partial charge on any atom is -0.309 e. The van der Waals surface area contributed by atoms with Crippen molar-refractivity contribution in [2.75, 3.05) is 0 Å². The first-order chi connectivity index (χ1) is 4.95. The molecule has 1 aromatic heterocycles. The standard InChI is InChI=1S/C7H10N2S.ClH/c1-2-6(1)9-4-7-3-8-5-10-7;/h3,5-6,9H,1-2,4H2;1H. The van der Waals surface area contributed by atoms with Crippen LogP contribution in [-0.4, -0.2) is 11.0 Å². The van der Waals surface area contributed by atoms with Gasteiger partial charge in [-0.1, -0.05) is 0 Å². The van der Waals surface area contributed by atoms with Crippen LogP contribution in [0.25, 0.3) is 0 Å². The fourth-order valence-electron chi connectivity index (χ4n) is 0.862. The first kappa shape index (κ1) is 8.97. The third kappa shape index (κ3) is 2.77. The number of halogens is 1. The Morgan fingerprint density at radius 2 is 2.45 bits per heavy atom. The van der Waals surface area contributed by atoms with Gasteiger partial charge in [0.1, 0.15) is 0 Å². The lowest BCUT2D eigenvalue weighted by atomic mass is 10.5. The van der Waals surface area contributed by atoms with E-state index in [1.165, 1.54) is 17.7 Å². The summed E-state index contributed by atoms with van der Waals surface area (Å²) in [5.74, 6) is 0. The smallest absolute Gasteiger partial charge is 0.0794 e. The third-order valence-corrected chi connectivity index (χ3v) is 2.41. The molecule has 11 heavy (non-hydrogen) atoms. The van der Waals surface area contributed by atoms with Crippen LogP contribution in [0.15, 0.2) is 11.7 Å². The van der Waals surface area contributed by atoms with E-state index in [1.807, 2.05) is 11.7 Å². The SMILES string of the molecule is Cl.c1ncc(CNC2CC2)s1. The van der Waals surface area contributed by atoms with Crippen molar-refractivity contribution >= 4 is 23.7 Å². The second-order valence-corrected chi connectivity index (χ2v) is 3.59. The van der Waals surface area contributed by atoms with Crippen LogP contribution in [0.3, 0.4) is 0 Å². The Hall–Kier alpha value is -0.120. The van der Waals surface area contributed by atoms with Gasteiger partial charge in [0.05, 0.1) is 5.51 Å². The van der Waals surface area contributed by atoms with Gasteiger partial charge >= 0.3 is 0 Å². The Morgan fingerprint density at radius 3 is 3.00 bits per heavy atom. The summed E-state index contributed by atoms with van der Waals surface area (Å²) in [7, 11) is 0. The molecule has 62 valence electrons. The number of thiazole rings is 1. The zero-order chi connectivity index (χ0) is 6.81. The first-order valence-corrected chi connectivity index (χ1v) is 4.44. The Balaban J connectivity index is 0.000000605. The molecule has 1 aliphatic rings. The van der Waals surface area contributed by atoms with E-state index in [9.17, 15) is 0 Å². The topological polar surface area (TPSA) is 24.9 Å². The summed E-state index contributed by atoms with van der Waals surface area (Å²) in [6, 6.07) is 0.807. The van der Waals surface area contributed by atoms with E-state index < -0.39 is 0 Å². The maximum atomic E-state index is 4.00. The average molecular weight is 191 g/mol. The summed E-state index contributed by atoms with van der Waals surface area (Å²) in [6.45, 7) is 1.01. The third-order valence-electron chi connectivity index (χ3n) is 1.63. The fourth-order valence-corrected chi connectivity index (χ4v) is 1.41. The lowest BCUT2D eigenvalue weighted by Crippen LogP contribution is -2.14. The number of hydrogen-bond donors (Lipinski definition) is 1. The molecular weight excluding hydrogens is 180 g/mol. The van der Waals surface area contributed by atoms with Crippen molar-refractivity contribution in [2.24, 2.45) is 0 Å². The van der Waals surface area contributed by atoms with Gasteiger partial charge in [-0.05, 0) is 12.8 Å². The molecule has 0 aromatic carbocycles. The molecule has 4 heteroatoms. The van der Waals surface area contributed by atoms with E-state index in [-0.39, 0.29) is 12.4 Å². The maximum absolute atomic E-state index is 4.00. The molecule has 1 N–H and O–H groups in total. The first-order valence-electron chi connectivity index (χ1n) is 3.56. The van der Waals surface area contributed by atoms with Gasteiger partial charge in [-0.25, -0.2) is 0 Å². The molecule has 2 nitrogen and oxygen atoms in total. The number of hydrogen-bond acceptors (Lipinski definition) is 3. The monoisotopic (exact) mass is 190 g/mol. The molecule has 0 aliphatic heterocycles. The Morgan fingerprint density at radius 1 is 1.64 bits per heavy atom. The van der Waals surface area contributed by atoms with Gasteiger partial charge in [0.15, 0.2) is 0 Å². The van der Waals surface area contributed by atoms with Crippen LogP contribution in [0.2, 0.25) is 0 Å². The molecule has 0 radical (unpaired) electrons. The molecule has 0 bridgehead atoms. The van der Waals surface area contributed by atoms with Gasteiger partial charge in [0.2, 0.25) is 0 Å². The minimum absolute atomic E-state index is 0. The normalized spacial score (nSPS) is 16.0. The van der Waals surface area contributed by atoms with Crippen LogP contribution >= 0.6 is 23.7 Å². The Kier molecular flexibility index (Phi) is 3.30. The molecule has 2 rings (SSSR count). The quantitative estimate of drug-likeness (QED) is 0.787. The fraction of sp³-hybridized carbons (Fsp3) is 0.571. The maximum Gasteiger partial charge on any atom is 0.0794 e. The van der Waals surface area contributed by atoms with E-state index in [0.717, 1.165) is 12.6 Å². The van der Waals surface area contributed by atoms with Crippen molar-refractivity contribution in [1.29, 1.82) is 0 Å². The molecule has 0 amide bonds. The minimum atomic E-state index is 0. The zero-order valence-corrected chi connectivity index (χ0v) is 7.75. The van der Waals surface area contributed by atoms with Gasteiger partial charge in [-0.3, -0.25) is 4.98 Å². The molecular formula is C7H11ClN2S. The highest BCUT2D eigenvalue weighted by atomic mass is 35.5. The van der Waals surface area contributed by atoms with Crippen LogP contribution in [0, 0.1) is 0 Å². The van der Waals surface area contributed by atoms with Crippen LogP contribution in [0.1, 0.15) is 17.7 Å². The van der Waals surface area contributed by atoms with E-state index in [0.29, 0.717) is 0 Å². The molecule has 1 saturated carbocycles.